The van der Waals surface area contributed by atoms with Crippen LogP contribution in [0.15, 0.2) is 36.4 Å². The number of hydroxylamine groups is 2. The smallest absolute Gasteiger partial charge is 0.253 e. The predicted molar refractivity (Wildman–Crippen MR) is 187 cm³/mol. The molecule has 2 fully saturated rings. The molecule has 2 aromatic rings. The maximum atomic E-state index is 14.3. The highest BCUT2D eigenvalue weighted by molar-refractivity contribution is 5.97. The van der Waals surface area contributed by atoms with Gasteiger partial charge in [-0.25, -0.2) is 0 Å². The molecule has 2 aromatic carbocycles. The number of nitrogens with zero attached hydrogens (tertiary/aromatic N) is 3. The summed E-state index contributed by atoms with van der Waals surface area (Å²) in [4.78, 5) is 37.2. The lowest BCUT2D eigenvalue weighted by atomic mass is 9.58. The molecule has 260 valence electrons. The molecule has 0 bridgehead atoms. The summed E-state index contributed by atoms with van der Waals surface area (Å²) in [6.45, 7) is 13.5. The highest BCUT2D eigenvalue weighted by Crippen LogP contribution is 2.47. The first-order valence-corrected chi connectivity index (χ1v) is 16.9. The molecule has 2 aliphatic rings. The van der Waals surface area contributed by atoms with Crippen molar-refractivity contribution in [1.29, 1.82) is 0 Å². The van der Waals surface area contributed by atoms with E-state index in [2.05, 4.69) is 39.9 Å². The Balaban J connectivity index is 1.71. The number of hydrogen-bond donors (Lipinski definition) is 3. The minimum atomic E-state index is -0.820. The number of rotatable bonds is 10. The van der Waals surface area contributed by atoms with Crippen LogP contribution in [0, 0.1) is 29.1 Å². The first kappa shape index (κ1) is 36.7. The van der Waals surface area contributed by atoms with Gasteiger partial charge in [0.1, 0.15) is 11.8 Å². The number of aliphatic hydroxyl groups excluding tert-OH is 1. The fourth-order valence-corrected chi connectivity index (χ4v) is 7.51. The van der Waals surface area contributed by atoms with Gasteiger partial charge in [-0.15, -0.1) is 0 Å². The molecule has 1 aliphatic carbocycles. The van der Waals surface area contributed by atoms with E-state index >= 15 is 0 Å². The number of carbonyl (C=O) groups excluding carboxylic acids is 2. The van der Waals surface area contributed by atoms with E-state index < -0.39 is 24.2 Å². The number of ether oxygens (including phenoxy) is 1. The minimum absolute atomic E-state index is 0.00913. The molecule has 1 saturated heterocycles. The zero-order valence-corrected chi connectivity index (χ0v) is 30.2. The summed E-state index contributed by atoms with van der Waals surface area (Å²) in [5.74, 6) is 0.981. The maximum Gasteiger partial charge on any atom is 0.253 e. The van der Waals surface area contributed by atoms with E-state index in [9.17, 15) is 14.7 Å². The van der Waals surface area contributed by atoms with E-state index in [1.807, 2.05) is 55.4 Å². The Kier molecular flexibility index (Phi) is 11.3. The third-order valence-electron chi connectivity index (χ3n) is 11.3. The number of nitrogens with two attached hydrogens (primary N) is 1. The number of amides is 2. The first-order valence-electron chi connectivity index (χ1n) is 16.9. The molecule has 0 radical (unpaired) electrons. The van der Waals surface area contributed by atoms with Gasteiger partial charge in [-0.1, -0.05) is 52.8 Å². The van der Waals surface area contributed by atoms with Crippen molar-refractivity contribution >= 4 is 17.5 Å². The van der Waals surface area contributed by atoms with Crippen molar-refractivity contribution in [3.63, 3.8) is 0 Å². The van der Waals surface area contributed by atoms with E-state index in [-0.39, 0.29) is 42.3 Å². The van der Waals surface area contributed by atoms with E-state index in [0.717, 1.165) is 28.8 Å². The van der Waals surface area contributed by atoms with Crippen LogP contribution >= 0.6 is 0 Å². The Morgan fingerprint density at radius 2 is 1.83 bits per heavy atom. The minimum Gasteiger partial charge on any atom is -0.496 e. The number of methoxy groups -OCH3 is 1. The number of benzene rings is 2. The molecule has 47 heavy (non-hydrogen) atoms. The van der Waals surface area contributed by atoms with E-state index in [1.165, 1.54) is 0 Å². The van der Waals surface area contributed by atoms with Crippen LogP contribution < -0.4 is 20.7 Å². The quantitative estimate of drug-likeness (QED) is 0.346. The molecule has 8 atom stereocenters. The molecule has 4 rings (SSSR count). The Bertz CT molecular complexity index is 1430. The van der Waals surface area contributed by atoms with Gasteiger partial charge in [-0.2, -0.15) is 5.06 Å². The molecular formula is C37H57N5O5. The van der Waals surface area contributed by atoms with Gasteiger partial charge in [-0.05, 0) is 60.3 Å². The highest BCUT2D eigenvalue weighted by atomic mass is 16.7. The molecule has 1 aliphatic heterocycles. The Labute approximate surface area is 281 Å². The van der Waals surface area contributed by atoms with Gasteiger partial charge < -0.3 is 30.7 Å². The Morgan fingerprint density at radius 1 is 1.15 bits per heavy atom. The normalized spacial score (nSPS) is 28.1. The third-order valence-corrected chi connectivity index (χ3v) is 11.3. The van der Waals surface area contributed by atoms with Gasteiger partial charge in [0.25, 0.3) is 5.91 Å². The Hall–Kier alpha value is -3.18. The first-order chi connectivity index (χ1) is 22.0. The van der Waals surface area contributed by atoms with Gasteiger partial charge >= 0.3 is 0 Å². The average Bonchev–Trinajstić information content (AvgIpc) is 3.40. The van der Waals surface area contributed by atoms with Crippen molar-refractivity contribution in [3.8, 4) is 16.9 Å². The summed E-state index contributed by atoms with van der Waals surface area (Å²) < 4.78 is 6.03. The molecule has 10 nitrogen and oxygen atoms in total. The van der Waals surface area contributed by atoms with Gasteiger partial charge in [0.2, 0.25) is 5.91 Å². The van der Waals surface area contributed by atoms with Gasteiger partial charge in [0.05, 0.1) is 25.9 Å². The van der Waals surface area contributed by atoms with E-state index in [0.29, 0.717) is 23.1 Å². The SMILES string of the molecule is COc1c(CN2O[C@@H](CN)[C@@H]([C@H](C)O)[C@H]2C(=O)N[C@H]2C[C@@H](C)C(C)(C)[C@@H](C)[C@@H]2C)cccc1-c1cc(C(=O)N(C)C)cc(N(C)C)c1. The van der Waals surface area contributed by atoms with Gasteiger partial charge in [0.15, 0.2) is 0 Å². The van der Waals surface area contributed by atoms with E-state index in [1.54, 1.807) is 38.1 Å². The van der Waals surface area contributed by atoms with Gasteiger partial charge in [0, 0.05) is 69.1 Å². The lowest BCUT2D eigenvalue weighted by molar-refractivity contribution is -0.174. The van der Waals surface area contributed by atoms with Crippen LogP contribution in [0.5, 0.6) is 5.75 Å². The van der Waals surface area contributed by atoms with Crippen LogP contribution in [0.2, 0.25) is 0 Å². The second-order valence-corrected chi connectivity index (χ2v) is 14.8. The van der Waals surface area contributed by atoms with Crippen LogP contribution in [0.25, 0.3) is 11.1 Å². The summed E-state index contributed by atoms with van der Waals surface area (Å²) >= 11 is 0. The van der Waals surface area contributed by atoms with Crippen LogP contribution in [-0.4, -0.2) is 93.0 Å². The largest absolute Gasteiger partial charge is 0.496 e. The van der Waals surface area contributed by atoms with Crippen LogP contribution in [0.4, 0.5) is 5.69 Å². The topological polar surface area (TPSA) is 121 Å². The molecule has 2 amide bonds. The molecule has 1 saturated carbocycles. The van der Waals surface area contributed by atoms with E-state index in [4.69, 9.17) is 15.3 Å². The van der Waals surface area contributed by atoms with Crippen molar-refractivity contribution in [1.82, 2.24) is 15.3 Å². The number of para-hydroxylation sites is 1. The Morgan fingerprint density at radius 3 is 2.40 bits per heavy atom. The number of nitrogens with one attached hydrogen (secondary N) is 1. The summed E-state index contributed by atoms with van der Waals surface area (Å²) in [5.41, 5.74) is 10.2. The monoisotopic (exact) mass is 651 g/mol. The molecule has 10 heteroatoms. The summed E-state index contributed by atoms with van der Waals surface area (Å²) in [5, 5.41) is 16.0. The van der Waals surface area contributed by atoms with Crippen molar-refractivity contribution < 1.29 is 24.3 Å². The molecule has 0 aromatic heterocycles. The molecule has 1 heterocycles. The lowest BCUT2D eigenvalue weighted by Gasteiger charge is -2.50. The van der Waals surface area contributed by atoms with Crippen LogP contribution in [-0.2, 0) is 16.2 Å². The summed E-state index contributed by atoms with van der Waals surface area (Å²) in [6.07, 6.45) is -0.464. The van der Waals surface area contributed by atoms with Crippen molar-refractivity contribution in [3.05, 3.63) is 47.5 Å². The number of aliphatic hydroxyl groups is 1. The molecule has 0 unspecified atom stereocenters. The van der Waals surface area contributed by atoms with Crippen molar-refractivity contribution in [2.24, 2.45) is 34.8 Å². The molecule has 0 spiro atoms. The van der Waals surface area contributed by atoms with Crippen molar-refractivity contribution in [2.75, 3.05) is 46.7 Å². The second-order valence-electron chi connectivity index (χ2n) is 14.8. The number of anilines is 1. The molecule has 4 N–H and O–H groups in total. The predicted octanol–water partition coefficient (Wildman–Crippen LogP) is 4.39. The number of hydrogen-bond acceptors (Lipinski definition) is 8. The summed E-state index contributed by atoms with van der Waals surface area (Å²) in [6, 6.07) is 10.9. The second kappa shape index (κ2) is 14.5. The zero-order chi connectivity index (χ0) is 35.0. The standard InChI is InChI=1S/C37H57N5O5/c1-21-15-30(22(2)23(3)37(21,5)6)39-35(44)33-32(24(4)43)31(19-38)47-42(33)20-25-13-12-14-29(34(25)46-11)26-16-27(36(45)41(9)10)18-28(17-26)40(7)8/h12-14,16-18,21-24,30-33,43H,15,19-20,38H2,1-11H3,(H,39,44)/t21-,22+,23+,24+,30+,31+,32-,33+/m1/s1. The fourth-order valence-electron chi connectivity index (χ4n) is 7.51. The number of carbonyl (C=O) groups is 2. The summed E-state index contributed by atoms with van der Waals surface area (Å²) in [7, 11) is 8.97. The zero-order valence-electron chi connectivity index (χ0n) is 30.2. The highest BCUT2D eigenvalue weighted by Gasteiger charge is 2.51. The van der Waals surface area contributed by atoms with Gasteiger partial charge in [-0.3, -0.25) is 14.4 Å². The third kappa shape index (κ3) is 7.31. The average molecular weight is 652 g/mol. The van der Waals surface area contributed by atoms with Crippen LogP contribution in [0.1, 0.15) is 63.9 Å². The maximum absolute atomic E-state index is 14.3. The molecular weight excluding hydrogens is 594 g/mol. The van der Waals surface area contributed by atoms with Crippen molar-refractivity contribution in [2.45, 2.75) is 78.8 Å². The lowest BCUT2D eigenvalue weighted by Crippen LogP contribution is -2.56. The fraction of sp³-hybridized carbons (Fsp3) is 0.622. The van der Waals surface area contributed by atoms with Crippen LogP contribution in [0.3, 0.4) is 0 Å².